The van der Waals surface area contributed by atoms with Gasteiger partial charge in [-0.25, -0.2) is 22.9 Å². The van der Waals surface area contributed by atoms with Crippen LogP contribution < -0.4 is 4.72 Å². The number of aromatic nitrogens is 2. The highest BCUT2D eigenvalue weighted by atomic mass is 35.5. The third-order valence-electron chi connectivity index (χ3n) is 7.35. The minimum atomic E-state index is -4.17. The SMILES string of the molecule is CC(C)(C)c1ccc(C(=O)NS(=O)(=O)c2ccc3ccn(CCC[C@@H]4CN(C(=O)O)C(C)(C)C4)c3c2)c(Cl)n1. The summed E-state index contributed by atoms with van der Waals surface area (Å²) in [5, 5.41) is 10.3. The topological polar surface area (TPSA) is 122 Å². The number of fused-ring (bicyclic) bond motifs is 1. The molecule has 210 valence electrons. The van der Waals surface area contributed by atoms with Crippen LogP contribution in [-0.4, -0.2) is 52.1 Å². The van der Waals surface area contributed by atoms with Crippen molar-refractivity contribution in [2.45, 2.75) is 76.3 Å². The molecule has 1 aliphatic heterocycles. The number of hydrogen-bond donors (Lipinski definition) is 2. The molecule has 3 aromatic rings. The van der Waals surface area contributed by atoms with Crippen molar-refractivity contribution in [3.05, 3.63) is 59.0 Å². The molecule has 0 saturated carbocycles. The summed E-state index contributed by atoms with van der Waals surface area (Å²) in [7, 11) is -4.17. The standard InChI is InChI=1S/C28H35ClN4O5S/c1-27(2,3)23-11-10-21(24(29)30-23)25(34)31-39(37,38)20-9-8-19-12-14-32(22(19)15-20)13-6-7-18-16-28(4,5)33(17-18)26(35)36/h8-12,14-15,18H,6-7,13,16-17H2,1-5H3,(H,31,34)(H,35,36)/t18-/m0/s1. The molecule has 3 heterocycles. The number of sulfonamides is 1. The maximum atomic E-state index is 13.1. The highest BCUT2D eigenvalue weighted by Crippen LogP contribution is 2.35. The Balaban J connectivity index is 1.46. The molecule has 1 fully saturated rings. The molecule has 11 heteroatoms. The maximum Gasteiger partial charge on any atom is 0.407 e. The smallest absolute Gasteiger partial charge is 0.407 e. The van der Waals surface area contributed by atoms with Gasteiger partial charge < -0.3 is 14.6 Å². The summed E-state index contributed by atoms with van der Waals surface area (Å²) in [6, 6.07) is 9.79. The van der Waals surface area contributed by atoms with Crippen LogP contribution in [0.15, 0.2) is 47.5 Å². The predicted molar refractivity (Wildman–Crippen MR) is 151 cm³/mol. The van der Waals surface area contributed by atoms with Crippen LogP contribution in [-0.2, 0) is 22.0 Å². The van der Waals surface area contributed by atoms with Crippen molar-refractivity contribution in [2.24, 2.45) is 5.92 Å². The Morgan fingerprint density at radius 2 is 1.90 bits per heavy atom. The van der Waals surface area contributed by atoms with Crippen LogP contribution in [0.1, 0.15) is 69.9 Å². The summed E-state index contributed by atoms with van der Waals surface area (Å²) in [4.78, 5) is 30.1. The van der Waals surface area contributed by atoms with Crippen molar-refractivity contribution in [1.82, 2.24) is 19.2 Å². The first kappa shape index (κ1) is 28.9. The summed E-state index contributed by atoms with van der Waals surface area (Å²) in [5.74, 6) is -0.568. The number of nitrogens with zero attached hydrogens (tertiary/aromatic N) is 3. The highest BCUT2D eigenvalue weighted by molar-refractivity contribution is 7.90. The lowest BCUT2D eigenvalue weighted by Crippen LogP contribution is -2.41. The van der Waals surface area contributed by atoms with Gasteiger partial charge in [-0.2, -0.15) is 0 Å². The number of pyridine rings is 1. The van der Waals surface area contributed by atoms with Gasteiger partial charge in [0.1, 0.15) is 5.15 Å². The second kappa shape index (κ2) is 10.5. The molecule has 1 saturated heterocycles. The van der Waals surface area contributed by atoms with Crippen LogP contribution in [0.2, 0.25) is 5.15 Å². The number of aryl methyl sites for hydroxylation is 1. The first-order valence-electron chi connectivity index (χ1n) is 12.9. The van der Waals surface area contributed by atoms with Gasteiger partial charge in [0.15, 0.2) is 0 Å². The van der Waals surface area contributed by atoms with Gasteiger partial charge in [0.25, 0.3) is 15.9 Å². The summed E-state index contributed by atoms with van der Waals surface area (Å²) in [5.41, 5.74) is 0.752. The molecule has 9 nitrogen and oxygen atoms in total. The minimum Gasteiger partial charge on any atom is -0.465 e. The molecule has 1 aliphatic rings. The molecule has 39 heavy (non-hydrogen) atoms. The normalized spacial score (nSPS) is 17.5. The van der Waals surface area contributed by atoms with E-state index in [2.05, 4.69) is 9.71 Å². The third kappa shape index (κ3) is 6.22. The highest BCUT2D eigenvalue weighted by Gasteiger charge is 2.40. The van der Waals surface area contributed by atoms with Crippen molar-refractivity contribution in [1.29, 1.82) is 0 Å². The number of amides is 2. The Morgan fingerprint density at radius 1 is 1.18 bits per heavy atom. The Hall–Kier alpha value is -3.11. The zero-order chi connectivity index (χ0) is 28.8. The molecule has 4 rings (SSSR count). The number of carbonyl (C=O) groups excluding carboxylic acids is 1. The number of carboxylic acid groups (broad SMARTS) is 1. The van der Waals surface area contributed by atoms with Crippen LogP contribution >= 0.6 is 11.6 Å². The number of hydrogen-bond acceptors (Lipinski definition) is 5. The lowest BCUT2D eigenvalue weighted by atomic mass is 9.91. The van der Waals surface area contributed by atoms with Gasteiger partial charge >= 0.3 is 6.09 Å². The second-order valence-electron chi connectivity index (χ2n) is 11.9. The summed E-state index contributed by atoms with van der Waals surface area (Å²) >= 11 is 6.22. The molecular weight excluding hydrogens is 540 g/mol. The van der Waals surface area contributed by atoms with Gasteiger partial charge in [-0.15, -0.1) is 0 Å². The van der Waals surface area contributed by atoms with Gasteiger partial charge in [0.05, 0.1) is 10.5 Å². The molecule has 2 N–H and O–H groups in total. The van der Waals surface area contributed by atoms with E-state index in [9.17, 15) is 23.1 Å². The molecular formula is C28H35ClN4O5S. The Bertz CT molecular complexity index is 1520. The fourth-order valence-corrected chi connectivity index (χ4v) is 6.48. The van der Waals surface area contributed by atoms with Gasteiger partial charge in [-0.3, -0.25) is 4.79 Å². The number of likely N-dealkylation sites (tertiary alicyclic amines) is 1. The minimum absolute atomic E-state index is 0.0192. The van der Waals surface area contributed by atoms with E-state index in [4.69, 9.17) is 11.6 Å². The van der Waals surface area contributed by atoms with E-state index in [1.54, 1.807) is 18.2 Å². The number of halogens is 1. The molecule has 0 unspecified atom stereocenters. The van der Waals surface area contributed by atoms with E-state index >= 15 is 0 Å². The lowest BCUT2D eigenvalue weighted by molar-refractivity contribution is 0.0980. The number of carbonyl (C=O) groups is 2. The molecule has 0 radical (unpaired) electrons. The van der Waals surface area contributed by atoms with Gasteiger partial charge in [-0.05, 0) is 74.7 Å². The summed E-state index contributed by atoms with van der Waals surface area (Å²) in [6.45, 7) is 11.0. The largest absolute Gasteiger partial charge is 0.465 e. The Morgan fingerprint density at radius 3 is 2.51 bits per heavy atom. The fraction of sp³-hybridized carbons (Fsp3) is 0.464. The van der Waals surface area contributed by atoms with Crippen molar-refractivity contribution in [3.63, 3.8) is 0 Å². The van der Waals surface area contributed by atoms with E-state index in [0.717, 1.165) is 30.2 Å². The first-order chi connectivity index (χ1) is 18.1. The zero-order valence-electron chi connectivity index (χ0n) is 22.9. The van der Waals surface area contributed by atoms with Crippen molar-refractivity contribution < 1.29 is 23.1 Å². The molecule has 1 aromatic carbocycles. The van der Waals surface area contributed by atoms with E-state index in [-0.39, 0.29) is 32.5 Å². The van der Waals surface area contributed by atoms with Crippen molar-refractivity contribution >= 4 is 44.5 Å². The van der Waals surface area contributed by atoms with Gasteiger partial charge in [-0.1, -0.05) is 38.4 Å². The van der Waals surface area contributed by atoms with Crippen molar-refractivity contribution in [2.75, 3.05) is 6.54 Å². The first-order valence-corrected chi connectivity index (χ1v) is 14.8. The average Bonchev–Trinajstić information content (AvgIpc) is 3.37. The monoisotopic (exact) mass is 574 g/mol. The Kier molecular flexibility index (Phi) is 7.75. The quantitative estimate of drug-likeness (QED) is 0.351. The predicted octanol–water partition coefficient (Wildman–Crippen LogP) is 5.66. The molecule has 2 amide bonds. The zero-order valence-corrected chi connectivity index (χ0v) is 24.4. The molecule has 0 spiro atoms. The fourth-order valence-electron chi connectivity index (χ4n) is 5.25. The maximum absolute atomic E-state index is 13.1. The van der Waals surface area contributed by atoms with Crippen LogP contribution in [0.25, 0.3) is 10.9 Å². The van der Waals surface area contributed by atoms with Crippen LogP contribution in [0, 0.1) is 5.92 Å². The second-order valence-corrected chi connectivity index (χ2v) is 13.9. The number of benzene rings is 1. The Labute approximate surface area is 234 Å². The van der Waals surface area contributed by atoms with Crippen molar-refractivity contribution in [3.8, 4) is 0 Å². The van der Waals surface area contributed by atoms with E-state index in [0.29, 0.717) is 18.8 Å². The van der Waals surface area contributed by atoms with Crippen LogP contribution in [0.5, 0.6) is 0 Å². The third-order valence-corrected chi connectivity index (χ3v) is 8.96. The summed E-state index contributed by atoms with van der Waals surface area (Å²) in [6.07, 6.45) is 3.52. The lowest BCUT2D eigenvalue weighted by Gasteiger charge is -2.28. The molecule has 1 atom stereocenters. The van der Waals surface area contributed by atoms with Crippen LogP contribution in [0.3, 0.4) is 0 Å². The molecule has 2 aromatic heterocycles. The number of nitrogens with one attached hydrogen (secondary N) is 1. The van der Waals surface area contributed by atoms with E-state index in [1.165, 1.54) is 17.0 Å². The van der Waals surface area contributed by atoms with E-state index < -0.39 is 22.0 Å². The van der Waals surface area contributed by atoms with Crippen LogP contribution in [0.4, 0.5) is 4.79 Å². The molecule has 0 bridgehead atoms. The van der Waals surface area contributed by atoms with E-state index in [1.807, 2.05) is 51.4 Å². The summed E-state index contributed by atoms with van der Waals surface area (Å²) < 4.78 is 30.3. The van der Waals surface area contributed by atoms with Gasteiger partial charge in [0, 0.05) is 41.5 Å². The number of rotatable bonds is 7. The molecule has 0 aliphatic carbocycles. The average molecular weight is 575 g/mol. The van der Waals surface area contributed by atoms with Gasteiger partial charge in [0.2, 0.25) is 0 Å².